The third kappa shape index (κ3) is 1.95. The Morgan fingerprint density at radius 2 is 1.56 bits per heavy atom. The normalized spacial score (nSPS) is 21.3. The van der Waals surface area contributed by atoms with Gasteiger partial charge < -0.3 is 19.5 Å². The van der Waals surface area contributed by atoms with Gasteiger partial charge in [0.25, 0.3) is 0 Å². The highest BCUT2D eigenvalue weighted by Gasteiger charge is 2.51. The first-order chi connectivity index (χ1) is 8.14. The van der Waals surface area contributed by atoms with E-state index in [4.69, 9.17) is 9.31 Å². The summed E-state index contributed by atoms with van der Waals surface area (Å²) in [6, 6.07) is 2.33. The smallest absolute Gasteiger partial charge is 0.495 e. The number of hydrogen-bond acceptors (Lipinski definition) is 4. The van der Waals surface area contributed by atoms with E-state index in [0.717, 1.165) is 6.07 Å². The van der Waals surface area contributed by atoms with Gasteiger partial charge in [0.1, 0.15) is 0 Å². The first kappa shape index (κ1) is 13.2. The van der Waals surface area contributed by atoms with Crippen molar-refractivity contribution >= 4 is 12.6 Å². The molecular weight excluding hydrogens is 238 g/mol. The third-order valence-electron chi connectivity index (χ3n) is 3.59. The van der Waals surface area contributed by atoms with Gasteiger partial charge in [0.05, 0.1) is 11.2 Å². The molecule has 98 valence electrons. The summed E-state index contributed by atoms with van der Waals surface area (Å²) in [5.41, 5.74) is -0.745. The summed E-state index contributed by atoms with van der Waals surface area (Å²) in [6.07, 6.45) is 0. The molecule has 0 bridgehead atoms. The van der Waals surface area contributed by atoms with Crippen molar-refractivity contribution in [3.8, 4) is 11.5 Å². The van der Waals surface area contributed by atoms with Gasteiger partial charge >= 0.3 is 7.12 Å². The van der Waals surface area contributed by atoms with E-state index in [1.807, 2.05) is 27.7 Å². The summed E-state index contributed by atoms with van der Waals surface area (Å²) in [5, 5.41) is 18.6. The maximum atomic E-state index is 13.4. The van der Waals surface area contributed by atoms with Crippen LogP contribution in [-0.2, 0) is 9.31 Å². The number of hydrogen-bond donors (Lipinski definition) is 2. The van der Waals surface area contributed by atoms with Crippen LogP contribution in [0.15, 0.2) is 12.1 Å². The Morgan fingerprint density at radius 1 is 1.06 bits per heavy atom. The molecular formula is C12H16BFO4. The van der Waals surface area contributed by atoms with Gasteiger partial charge in [-0.3, -0.25) is 0 Å². The van der Waals surface area contributed by atoms with Gasteiger partial charge in [0.2, 0.25) is 0 Å². The van der Waals surface area contributed by atoms with E-state index in [0.29, 0.717) is 5.46 Å². The van der Waals surface area contributed by atoms with E-state index in [-0.39, 0.29) is 0 Å². The SMILES string of the molecule is CC1(C)OB(c2cc(O)c(O)c(F)c2)OC1(C)C. The lowest BCUT2D eigenvalue weighted by molar-refractivity contribution is 0.00578. The lowest BCUT2D eigenvalue weighted by Gasteiger charge is -2.32. The second kappa shape index (κ2) is 3.86. The van der Waals surface area contributed by atoms with Crippen LogP contribution in [-0.4, -0.2) is 28.5 Å². The van der Waals surface area contributed by atoms with Crippen LogP contribution in [0.5, 0.6) is 11.5 Å². The predicted octanol–water partition coefficient (Wildman–Crippen LogP) is 1.54. The standard InChI is InChI=1S/C12H16BFO4/c1-11(2)12(3,4)18-13(17-11)7-5-8(14)10(16)9(15)6-7/h5-6,15-16H,1-4H3. The molecule has 1 aliphatic heterocycles. The first-order valence-electron chi connectivity index (χ1n) is 5.71. The van der Waals surface area contributed by atoms with Crippen molar-refractivity contribution in [3.63, 3.8) is 0 Å². The molecule has 1 aliphatic rings. The molecule has 18 heavy (non-hydrogen) atoms. The van der Waals surface area contributed by atoms with Crippen LogP contribution in [0.25, 0.3) is 0 Å². The average molecular weight is 254 g/mol. The maximum Gasteiger partial charge on any atom is 0.495 e. The Bertz CT molecular complexity index is 448. The second-order valence-corrected chi connectivity index (χ2v) is 5.46. The molecule has 6 heteroatoms. The van der Waals surface area contributed by atoms with Gasteiger partial charge in [-0.15, -0.1) is 0 Å². The molecule has 4 nitrogen and oxygen atoms in total. The summed E-state index contributed by atoms with van der Waals surface area (Å²) in [6.45, 7) is 7.51. The van der Waals surface area contributed by atoms with Gasteiger partial charge in [0, 0.05) is 0 Å². The molecule has 0 aliphatic carbocycles. The van der Waals surface area contributed by atoms with Crippen molar-refractivity contribution in [3.05, 3.63) is 17.9 Å². The molecule has 1 fully saturated rings. The molecule has 0 unspecified atom stereocenters. The zero-order valence-electron chi connectivity index (χ0n) is 10.8. The molecule has 0 amide bonds. The number of phenols is 2. The fourth-order valence-electron chi connectivity index (χ4n) is 1.72. The van der Waals surface area contributed by atoms with E-state index in [9.17, 15) is 14.6 Å². The van der Waals surface area contributed by atoms with E-state index in [2.05, 4.69) is 0 Å². The predicted molar refractivity (Wildman–Crippen MR) is 65.4 cm³/mol. The zero-order chi connectivity index (χ0) is 13.7. The molecule has 0 aromatic heterocycles. The minimum atomic E-state index is -0.903. The van der Waals surface area contributed by atoms with Crippen LogP contribution in [0, 0.1) is 5.82 Å². The first-order valence-corrected chi connectivity index (χ1v) is 5.71. The Labute approximate surface area is 105 Å². The van der Waals surface area contributed by atoms with Gasteiger partial charge in [-0.25, -0.2) is 4.39 Å². The molecule has 0 saturated carbocycles. The van der Waals surface area contributed by atoms with E-state index < -0.39 is 35.6 Å². The van der Waals surface area contributed by atoms with Crippen molar-refractivity contribution < 1.29 is 23.9 Å². The molecule has 0 radical (unpaired) electrons. The van der Waals surface area contributed by atoms with Crippen molar-refractivity contribution in [2.45, 2.75) is 38.9 Å². The molecule has 1 heterocycles. The van der Waals surface area contributed by atoms with Crippen molar-refractivity contribution in [1.29, 1.82) is 0 Å². The van der Waals surface area contributed by atoms with Crippen molar-refractivity contribution in [2.24, 2.45) is 0 Å². The lowest BCUT2D eigenvalue weighted by Crippen LogP contribution is -2.41. The van der Waals surface area contributed by atoms with Crippen LogP contribution >= 0.6 is 0 Å². The molecule has 1 aromatic carbocycles. The monoisotopic (exact) mass is 254 g/mol. The fourth-order valence-corrected chi connectivity index (χ4v) is 1.72. The number of halogens is 1. The Morgan fingerprint density at radius 3 is 2.00 bits per heavy atom. The summed E-state index contributed by atoms with van der Waals surface area (Å²) in [5.74, 6) is -2.20. The molecule has 1 aromatic rings. The number of benzene rings is 1. The highest BCUT2D eigenvalue weighted by molar-refractivity contribution is 6.62. The summed E-state index contributed by atoms with van der Waals surface area (Å²) < 4.78 is 24.8. The lowest BCUT2D eigenvalue weighted by atomic mass is 9.79. The van der Waals surface area contributed by atoms with Crippen LogP contribution < -0.4 is 5.46 Å². The fraction of sp³-hybridized carbons (Fsp3) is 0.500. The van der Waals surface area contributed by atoms with Gasteiger partial charge in [-0.1, -0.05) is 0 Å². The number of rotatable bonds is 1. The number of phenolic OH excluding ortho intramolecular Hbond substituents is 2. The van der Waals surface area contributed by atoms with Gasteiger partial charge in [-0.2, -0.15) is 0 Å². The molecule has 0 spiro atoms. The van der Waals surface area contributed by atoms with Gasteiger partial charge in [0.15, 0.2) is 17.3 Å². The largest absolute Gasteiger partial charge is 0.504 e. The summed E-state index contributed by atoms with van der Waals surface area (Å²) in [7, 11) is -0.768. The minimum absolute atomic E-state index is 0.335. The van der Waals surface area contributed by atoms with Crippen molar-refractivity contribution in [1.82, 2.24) is 0 Å². The van der Waals surface area contributed by atoms with E-state index in [1.165, 1.54) is 6.07 Å². The molecule has 2 N–H and O–H groups in total. The maximum absolute atomic E-state index is 13.4. The topological polar surface area (TPSA) is 58.9 Å². The van der Waals surface area contributed by atoms with Crippen LogP contribution in [0.1, 0.15) is 27.7 Å². The molecule has 2 rings (SSSR count). The second-order valence-electron chi connectivity index (χ2n) is 5.46. The summed E-state index contributed by atoms with van der Waals surface area (Å²) in [4.78, 5) is 0. The zero-order valence-corrected chi connectivity index (χ0v) is 10.8. The van der Waals surface area contributed by atoms with Crippen molar-refractivity contribution in [2.75, 3.05) is 0 Å². The Hall–Kier alpha value is -1.27. The number of aromatic hydroxyl groups is 2. The molecule has 1 saturated heterocycles. The molecule has 0 atom stereocenters. The Balaban J connectivity index is 2.36. The van der Waals surface area contributed by atoms with Crippen LogP contribution in [0.3, 0.4) is 0 Å². The Kier molecular flexibility index (Phi) is 2.83. The minimum Gasteiger partial charge on any atom is -0.504 e. The quantitative estimate of drug-likeness (QED) is 0.589. The van der Waals surface area contributed by atoms with Crippen LogP contribution in [0.2, 0.25) is 0 Å². The third-order valence-corrected chi connectivity index (χ3v) is 3.59. The van der Waals surface area contributed by atoms with E-state index >= 15 is 0 Å². The van der Waals surface area contributed by atoms with E-state index in [1.54, 1.807) is 0 Å². The highest BCUT2D eigenvalue weighted by atomic mass is 19.1. The highest BCUT2D eigenvalue weighted by Crippen LogP contribution is 2.37. The average Bonchev–Trinajstić information content (AvgIpc) is 2.44. The summed E-state index contributed by atoms with van der Waals surface area (Å²) >= 11 is 0. The van der Waals surface area contributed by atoms with Gasteiger partial charge in [-0.05, 0) is 45.3 Å². The van der Waals surface area contributed by atoms with Crippen LogP contribution in [0.4, 0.5) is 4.39 Å².